The van der Waals surface area contributed by atoms with Crippen molar-refractivity contribution in [2.75, 3.05) is 37.4 Å². The summed E-state index contributed by atoms with van der Waals surface area (Å²) in [5.74, 6) is 0.580. The Kier molecular flexibility index (Phi) is 4.79. The molecule has 0 unspecified atom stereocenters. The number of ether oxygens (including phenoxy) is 1. The summed E-state index contributed by atoms with van der Waals surface area (Å²) in [7, 11) is 1.73. The van der Waals surface area contributed by atoms with Gasteiger partial charge < -0.3 is 15.4 Å². The van der Waals surface area contributed by atoms with Gasteiger partial charge in [0.2, 0.25) is 0 Å². The number of anilines is 2. The second kappa shape index (κ2) is 6.57. The number of methoxy groups -OCH3 is 1. The third-order valence-corrected chi connectivity index (χ3v) is 3.27. The standard InChI is InChI=1S/C16H23N3O/c1-12(2)11-19(9-10-20-3)15-7-6-14(17)16-13(15)5-4-8-18-16/h4-8,12H,9-11,17H2,1-3H3. The van der Waals surface area contributed by atoms with Gasteiger partial charge in [-0.2, -0.15) is 0 Å². The van der Waals surface area contributed by atoms with E-state index in [1.165, 1.54) is 5.69 Å². The smallest absolute Gasteiger partial charge is 0.0951 e. The van der Waals surface area contributed by atoms with E-state index in [1.54, 1.807) is 13.3 Å². The van der Waals surface area contributed by atoms with Crippen molar-refractivity contribution in [3.05, 3.63) is 30.5 Å². The van der Waals surface area contributed by atoms with Crippen LogP contribution in [0.15, 0.2) is 30.5 Å². The van der Waals surface area contributed by atoms with Crippen LogP contribution in [0.5, 0.6) is 0 Å². The van der Waals surface area contributed by atoms with E-state index < -0.39 is 0 Å². The van der Waals surface area contributed by atoms with E-state index in [0.29, 0.717) is 12.5 Å². The molecule has 0 radical (unpaired) electrons. The van der Waals surface area contributed by atoms with Gasteiger partial charge in [-0.15, -0.1) is 0 Å². The molecule has 4 heteroatoms. The summed E-state index contributed by atoms with van der Waals surface area (Å²) in [5, 5.41) is 1.10. The van der Waals surface area contributed by atoms with Gasteiger partial charge >= 0.3 is 0 Å². The van der Waals surface area contributed by atoms with Crippen molar-refractivity contribution < 1.29 is 4.74 Å². The Morgan fingerprint density at radius 1 is 1.30 bits per heavy atom. The topological polar surface area (TPSA) is 51.4 Å². The lowest BCUT2D eigenvalue weighted by molar-refractivity contribution is 0.204. The molecule has 0 saturated carbocycles. The van der Waals surface area contributed by atoms with Crippen molar-refractivity contribution in [2.45, 2.75) is 13.8 Å². The third kappa shape index (κ3) is 3.20. The van der Waals surface area contributed by atoms with Gasteiger partial charge in [0.05, 0.1) is 17.8 Å². The van der Waals surface area contributed by atoms with Gasteiger partial charge in [0.1, 0.15) is 0 Å². The second-order valence-electron chi connectivity index (χ2n) is 5.41. The predicted octanol–water partition coefficient (Wildman–Crippen LogP) is 2.93. The minimum absolute atomic E-state index is 0.580. The van der Waals surface area contributed by atoms with E-state index in [1.807, 2.05) is 12.1 Å². The summed E-state index contributed by atoms with van der Waals surface area (Å²) in [6.07, 6.45) is 1.78. The second-order valence-corrected chi connectivity index (χ2v) is 5.41. The lowest BCUT2D eigenvalue weighted by atomic mass is 10.1. The van der Waals surface area contributed by atoms with Gasteiger partial charge in [-0.25, -0.2) is 0 Å². The predicted molar refractivity (Wildman–Crippen MR) is 85.1 cm³/mol. The Morgan fingerprint density at radius 2 is 2.10 bits per heavy atom. The van der Waals surface area contributed by atoms with Crippen LogP contribution in [0.3, 0.4) is 0 Å². The monoisotopic (exact) mass is 273 g/mol. The number of hydrogen-bond acceptors (Lipinski definition) is 4. The van der Waals surface area contributed by atoms with Gasteiger partial charge in [-0.3, -0.25) is 4.98 Å². The van der Waals surface area contributed by atoms with E-state index in [0.717, 1.165) is 29.7 Å². The van der Waals surface area contributed by atoms with E-state index in [4.69, 9.17) is 10.5 Å². The maximum absolute atomic E-state index is 6.02. The van der Waals surface area contributed by atoms with Crippen LogP contribution in [0.4, 0.5) is 11.4 Å². The fourth-order valence-electron chi connectivity index (χ4n) is 2.41. The SMILES string of the molecule is COCCN(CC(C)C)c1ccc(N)c2ncccc12. The van der Waals surface area contributed by atoms with E-state index in [9.17, 15) is 0 Å². The summed E-state index contributed by atoms with van der Waals surface area (Å²) in [5.41, 5.74) is 8.79. The molecule has 4 nitrogen and oxygen atoms in total. The number of fused-ring (bicyclic) bond motifs is 1. The van der Waals surface area contributed by atoms with Gasteiger partial charge in [0, 0.05) is 37.5 Å². The largest absolute Gasteiger partial charge is 0.397 e. The molecule has 1 aromatic heterocycles. The molecule has 0 amide bonds. The summed E-state index contributed by atoms with van der Waals surface area (Å²) in [6, 6.07) is 8.05. The van der Waals surface area contributed by atoms with Crippen molar-refractivity contribution in [1.29, 1.82) is 0 Å². The first kappa shape index (κ1) is 14.6. The first-order chi connectivity index (χ1) is 9.63. The highest BCUT2D eigenvalue weighted by atomic mass is 16.5. The van der Waals surface area contributed by atoms with Crippen LogP contribution in [-0.4, -0.2) is 31.8 Å². The summed E-state index contributed by atoms with van der Waals surface area (Å²) in [4.78, 5) is 6.75. The number of pyridine rings is 1. The lowest BCUT2D eigenvalue weighted by Crippen LogP contribution is -2.31. The van der Waals surface area contributed by atoms with E-state index in [2.05, 4.69) is 35.9 Å². The van der Waals surface area contributed by atoms with Crippen LogP contribution in [0.25, 0.3) is 10.9 Å². The first-order valence-corrected chi connectivity index (χ1v) is 7.00. The molecule has 1 aromatic carbocycles. The van der Waals surface area contributed by atoms with Crippen molar-refractivity contribution >= 4 is 22.3 Å². The van der Waals surface area contributed by atoms with E-state index in [-0.39, 0.29) is 0 Å². The van der Waals surface area contributed by atoms with Crippen LogP contribution < -0.4 is 10.6 Å². The van der Waals surface area contributed by atoms with Crippen molar-refractivity contribution in [1.82, 2.24) is 4.98 Å². The number of rotatable bonds is 6. The van der Waals surface area contributed by atoms with Gasteiger partial charge in [0.25, 0.3) is 0 Å². The molecule has 20 heavy (non-hydrogen) atoms. The lowest BCUT2D eigenvalue weighted by Gasteiger charge is -2.27. The van der Waals surface area contributed by atoms with Crippen LogP contribution in [0.2, 0.25) is 0 Å². The molecule has 2 aromatic rings. The van der Waals surface area contributed by atoms with Gasteiger partial charge in [-0.1, -0.05) is 13.8 Å². The number of aromatic nitrogens is 1. The van der Waals surface area contributed by atoms with Crippen molar-refractivity contribution in [2.24, 2.45) is 5.92 Å². The Labute approximate surface area is 120 Å². The molecular weight excluding hydrogens is 250 g/mol. The molecule has 108 valence electrons. The molecule has 2 N–H and O–H groups in total. The fraction of sp³-hybridized carbons (Fsp3) is 0.438. The van der Waals surface area contributed by atoms with Crippen LogP contribution >= 0.6 is 0 Å². The Bertz CT molecular complexity index is 569. The molecule has 0 fully saturated rings. The van der Waals surface area contributed by atoms with Crippen LogP contribution in [0.1, 0.15) is 13.8 Å². The highest BCUT2D eigenvalue weighted by Crippen LogP contribution is 2.29. The molecule has 0 spiro atoms. The highest BCUT2D eigenvalue weighted by molar-refractivity contribution is 5.98. The van der Waals surface area contributed by atoms with Gasteiger partial charge in [0.15, 0.2) is 0 Å². The average molecular weight is 273 g/mol. The normalized spacial score (nSPS) is 11.2. The molecular formula is C16H23N3O. The summed E-state index contributed by atoms with van der Waals surface area (Å²) in [6.45, 7) is 6.99. The number of hydrogen-bond donors (Lipinski definition) is 1. The number of nitrogen functional groups attached to an aromatic ring is 1. The quantitative estimate of drug-likeness (QED) is 0.822. The first-order valence-electron chi connectivity index (χ1n) is 7.00. The van der Waals surface area contributed by atoms with Crippen LogP contribution in [-0.2, 0) is 4.74 Å². The molecule has 0 aliphatic rings. The maximum atomic E-state index is 6.02. The summed E-state index contributed by atoms with van der Waals surface area (Å²) < 4.78 is 5.23. The molecule has 0 atom stereocenters. The Morgan fingerprint density at radius 3 is 2.80 bits per heavy atom. The minimum atomic E-state index is 0.580. The number of nitrogens with zero attached hydrogens (tertiary/aromatic N) is 2. The molecule has 0 saturated heterocycles. The molecule has 0 aliphatic heterocycles. The molecule has 2 rings (SSSR count). The van der Waals surface area contributed by atoms with E-state index >= 15 is 0 Å². The van der Waals surface area contributed by atoms with Crippen molar-refractivity contribution in [3.63, 3.8) is 0 Å². The van der Waals surface area contributed by atoms with Crippen LogP contribution in [0, 0.1) is 5.92 Å². The molecule has 1 heterocycles. The zero-order valence-electron chi connectivity index (χ0n) is 12.5. The van der Waals surface area contributed by atoms with Gasteiger partial charge in [-0.05, 0) is 30.2 Å². The molecule has 0 aliphatic carbocycles. The zero-order chi connectivity index (χ0) is 14.5. The number of benzene rings is 1. The highest BCUT2D eigenvalue weighted by Gasteiger charge is 2.13. The molecule has 0 bridgehead atoms. The third-order valence-electron chi connectivity index (χ3n) is 3.27. The summed E-state index contributed by atoms with van der Waals surface area (Å²) >= 11 is 0. The minimum Gasteiger partial charge on any atom is -0.397 e. The number of nitrogens with two attached hydrogens (primary N) is 1. The maximum Gasteiger partial charge on any atom is 0.0951 e. The Hall–Kier alpha value is -1.81. The Balaban J connectivity index is 2.44. The average Bonchev–Trinajstić information content (AvgIpc) is 2.44. The zero-order valence-corrected chi connectivity index (χ0v) is 12.5. The fourth-order valence-corrected chi connectivity index (χ4v) is 2.41. The van der Waals surface area contributed by atoms with Crippen molar-refractivity contribution in [3.8, 4) is 0 Å².